The molecule has 0 aliphatic carbocycles. The molecule has 4 heteroatoms. The molecule has 0 spiro atoms. The van der Waals surface area contributed by atoms with Crippen molar-refractivity contribution in [2.24, 2.45) is 11.7 Å². The van der Waals surface area contributed by atoms with Crippen molar-refractivity contribution in [1.29, 1.82) is 0 Å². The largest absolute Gasteiger partial charge is 0.324 e. The van der Waals surface area contributed by atoms with Gasteiger partial charge in [0.05, 0.1) is 10.0 Å². The van der Waals surface area contributed by atoms with Crippen LogP contribution in [-0.4, -0.2) is 24.5 Å². The van der Waals surface area contributed by atoms with Crippen LogP contribution in [0.3, 0.4) is 0 Å². The minimum atomic E-state index is -0.0357. The summed E-state index contributed by atoms with van der Waals surface area (Å²) in [7, 11) is 0. The molecule has 1 saturated heterocycles. The van der Waals surface area contributed by atoms with Crippen LogP contribution in [0.25, 0.3) is 0 Å². The van der Waals surface area contributed by atoms with E-state index < -0.39 is 0 Å². The summed E-state index contributed by atoms with van der Waals surface area (Å²) in [4.78, 5) is 2.53. The highest BCUT2D eigenvalue weighted by Gasteiger charge is 2.22. The third kappa shape index (κ3) is 4.11. The van der Waals surface area contributed by atoms with Gasteiger partial charge in [-0.1, -0.05) is 48.7 Å². The van der Waals surface area contributed by atoms with Crippen molar-refractivity contribution in [3.05, 3.63) is 33.8 Å². The van der Waals surface area contributed by atoms with Crippen molar-refractivity contribution in [3.8, 4) is 0 Å². The molecule has 1 aliphatic heterocycles. The molecule has 0 radical (unpaired) electrons. The average Bonchev–Trinajstić information content (AvgIpc) is 2.87. The van der Waals surface area contributed by atoms with E-state index in [1.807, 2.05) is 12.1 Å². The van der Waals surface area contributed by atoms with E-state index >= 15 is 0 Å². The van der Waals surface area contributed by atoms with Crippen molar-refractivity contribution >= 4 is 23.2 Å². The van der Waals surface area contributed by atoms with Crippen LogP contribution in [-0.2, 0) is 0 Å². The molecule has 0 amide bonds. The smallest absolute Gasteiger partial charge is 0.0640 e. The summed E-state index contributed by atoms with van der Waals surface area (Å²) >= 11 is 12.3. The van der Waals surface area contributed by atoms with E-state index in [1.54, 1.807) is 6.07 Å². The van der Waals surface area contributed by atoms with Crippen LogP contribution in [0.4, 0.5) is 0 Å². The summed E-state index contributed by atoms with van der Waals surface area (Å²) in [5.74, 6) is 0.881. The van der Waals surface area contributed by atoms with Crippen LogP contribution >= 0.6 is 23.2 Å². The first kappa shape index (κ1) is 16.1. The number of nitrogens with two attached hydrogens (primary N) is 1. The molecule has 2 unspecified atom stereocenters. The van der Waals surface area contributed by atoms with Gasteiger partial charge in [0.2, 0.25) is 0 Å². The lowest BCUT2D eigenvalue weighted by Crippen LogP contribution is -2.25. The van der Waals surface area contributed by atoms with Crippen LogP contribution in [0.2, 0.25) is 10.0 Å². The summed E-state index contributed by atoms with van der Waals surface area (Å²) in [6.07, 6.45) is 4.90. The zero-order valence-corrected chi connectivity index (χ0v) is 13.6. The van der Waals surface area contributed by atoms with Gasteiger partial charge >= 0.3 is 0 Å². The van der Waals surface area contributed by atoms with Crippen molar-refractivity contribution in [2.75, 3.05) is 19.6 Å². The van der Waals surface area contributed by atoms with E-state index in [1.165, 1.54) is 32.4 Å². The third-order valence-electron chi connectivity index (χ3n) is 4.20. The molecule has 112 valence electrons. The first-order valence-corrected chi connectivity index (χ1v) is 8.29. The van der Waals surface area contributed by atoms with Crippen molar-refractivity contribution in [3.63, 3.8) is 0 Å². The Morgan fingerprint density at radius 3 is 2.95 bits per heavy atom. The lowest BCUT2D eigenvalue weighted by Gasteiger charge is -2.20. The lowest BCUT2D eigenvalue weighted by molar-refractivity contribution is 0.306. The number of rotatable bonds is 6. The quantitative estimate of drug-likeness (QED) is 0.837. The van der Waals surface area contributed by atoms with Gasteiger partial charge in [0, 0.05) is 12.6 Å². The van der Waals surface area contributed by atoms with E-state index in [2.05, 4.69) is 11.8 Å². The predicted octanol–water partition coefficient (Wildman–Crippen LogP) is 4.51. The van der Waals surface area contributed by atoms with Crippen molar-refractivity contribution < 1.29 is 0 Å². The zero-order valence-electron chi connectivity index (χ0n) is 12.1. The maximum atomic E-state index is 6.27. The van der Waals surface area contributed by atoms with Gasteiger partial charge in [0.1, 0.15) is 0 Å². The van der Waals surface area contributed by atoms with Gasteiger partial charge in [-0.2, -0.15) is 0 Å². The highest BCUT2D eigenvalue weighted by atomic mass is 35.5. The topological polar surface area (TPSA) is 29.3 Å². The van der Waals surface area contributed by atoms with Crippen molar-refractivity contribution in [1.82, 2.24) is 4.90 Å². The van der Waals surface area contributed by atoms with Gasteiger partial charge in [-0.3, -0.25) is 0 Å². The predicted molar refractivity (Wildman–Crippen MR) is 87.5 cm³/mol. The maximum absolute atomic E-state index is 6.27. The maximum Gasteiger partial charge on any atom is 0.0640 e. The lowest BCUT2D eigenvalue weighted by atomic mass is 10.0. The van der Waals surface area contributed by atoms with Gasteiger partial charge < -0.3 is 10.6 Å². The van der Waals surface area contributed by atoms with E-state index in [4.69, 9.17) is 28.9 Å². The minimum absolute atomic E-state index is 0.0357. The highest BCUT2D eigenvalue weighted by molar-refractivity contribution is 6.42. The molecule has 1 aliphatic rings. The highest BCUT2D eigenvalue weighted by Crippen LogP contribution is 2.30. The Bertz CT molecular complexity index is 436. The third-order valence-corrected chi connectivity index (χ3v) is 5.04. The Balaban J connectivity index is 1.84. The summed E-state index contributed by atoms with van der Waals surface area (Å²) in [5, 5.41) is 1.19. The number of likely N-dealkylation sites (tertiary alicyclic amines) is 1. The standard InChI is InChI=1S/C16H24Cl2N2/c1-2-4-12-7-9-20(11-12)10-8-15(19)13-5-3-6-14(17)16(13)18/h3,5-6,12,15H,2,4,7-11,19H2,1H3. The average molecular weight is 315 g/mol. The normalized spacial score (nSPS) is 21.3. The Morgan fingerprint density at radius 2 is 2.20 bits per heavy atom. The molecule has 0 saturated carbocycles. The van der Waals surface area contributed by atoms with Crippen LogP contribution in [0.1, 0.15) is 44.2 Å². The molecule has 1 aromatic rings. The number of benzene rings is 1. The monoisotopic (exact) mass is 314 g/mol. The Morgan fingerprint density at radius 1 is 1.40 bits per heavy atom. The van der Waals surface area contributed by atoms with Crippen LogP contribution < -0.4 is 5.73 Å². The molecule has 2 nitrogen and oxygen atoms in total. The number of halogens is 2. The second-order valence-electron chi connectivity index (χ2n) is 5.78. The molecule has 2 rings (SSSR count). The second-order valence-corrected chi connectivity index (χ2v) is 6.57. The Kier molecular flexibility index (Phi) is 6.16. The molecule has 2 N–H and O–H groups in total. The number of nitrogens with zero attached hydrogens (tertiary/aromatic N) is 1. The van der Waals surface area contributed by atoms with E-state index in [-0.39, 0.29) is 6.04 Å². The van der Waals surface area contributed by atoms with Gasteiger partial charge in [-0.25, -0.2) is 0 Å². The molecule has 1 fully saturated rings. The van der Waals surface area contributed by atoms with Gasteiger partial charge in [-0.15, -0.1) is 0 Å². The summed E-state index contributed by atoms with van der Waals surface area (Å²) in [6.45, 7) is 5.74. The fraction of sp³-hybridized carbons (Fsp3) is 0.625. The van der Waals surface area contributed by atoms with E-state index in [0.29, 0.717) is 10.0 Å². The van der Waals surface area contributed by atoms with Gasteiger partial charge in [0.25, 0.3) is 0 Å². The molecular formula is C16H24Cl2N2. The first-order chi connectivity index (χ1) is 9.61. The second kappa shape index (κ2) is 7.65. The zero-order chi connectivity index (χ0) is 14.5. The molecule has 20 heavy (non-hydrogen) atoms. The molecule has 0 aromatic heterocycles. The molecule has 0 bridgehead atoms. The fourth-order valence-electron chi connectivity index (χ4n) is 3.04. The SMILES string of the molecule is CCCC1CCN(CCC(N)c2cccc(Cl)c2Cl)C1. The van der Waals surface area contributed by atoms with Crippen LogP contribution in [0, 0.1) is 5.92 Å². The van der Waals surface area contributed by atoms with E-state index in [0.717, 1.165) is 24.4 Å². The van der Waals surface area contributed by atoms with Gasteiger partial charge in [-0.05, 0) is 49.9 Å². The van der Waals surface area contributed by atoms with Gasteiger partial charge in [0.15, 0.2) is 0 Å². The fourth-order valence-corrected chi connectivity index (χ4v) is 3.49. The van der Waals surface area contributed by atoms with Crippen molar-refractivity contribution in [2.45, 2.75) is 38.6 Å². The summed E-state index contributed by atoms with van der Waals surface area (Å²) in [5.41, 5.74) is 7.23. The summed E-state index contributed by atoms with van der Waals surface area (Å²) < 4.78 is 0. The Labute approximate surface area is 132 Å². The number of hydrogen-bond donors (Lipinski definition) is 1. The molecular weight excluding hydrogens is 291 g/mol. The minimum Gasteiger partial charge on any atom is -0.324 e. The molecule has 1 aromatic carbocycles. The van der Waals surface area contributed by atoms with Crippen LogP contribution in [0.15, 0.2) is 18.2 Å². The Hall–Kier alpha value is -0.280. The van der Waals surface area contributed by atoms with E-state index in [9.17, 15) is 0 Å². The number of hydrogen-bond acceptors (Lipinski definition) is 2. The first-order valence-electron chi connectivity index (χ1n) is 7.53. The molecule has 1 heterocycles. The summed E-state index contributed by atoms with van der Waals surface area (Å²) in [6, 6.07) is 5.65. The van der Waals surface area contributed by atoms with Crippen LogP contribution in [0.5, 0.6) is 0 Å². The molecule has 2 atom stereocenters.